The van der Waals surface area contributed by atoms with Gasteiger partial charge in [0.2, 0.25) is 15.9 Å². The highest BCUT2D eigenvalue weighted by Gasteiger charge is 2.29. The molecule has 0 saturated carbocycles. The molecular weight excluding hydrogens is 462 g/mol. The molecule has 0 N–H and O–H groups in total. The van der Waals surface area contributed by atoms with Crippen LogP contribution in [0.3, 0.4) is 0 Å². The summed E-state index contributed by atoms with van der Waals surface area (Å²) < 4.78 is 34.2. The Morgan fingerprint density at radius 3 is 2.36 bits per heavy atom. The minimum Gasteiger partial charge on any atom is -0.379 e. The van der Waals surface area contributed by atoms with E-state index in [0.717, 1.165) is 18.4 Å². The molecule has 2 unspecified atom stereocenters. The predicted octanol–water partition coefficient (Wildman–Crippen LogP) is 2.38. The number of hydrogen-bond donors (Lipinski definition) is 0. The Kier molecular flexibility index (Phi) is 7.42. The van der Waals surface area contributed by atoms with Gasteiger partial charge in [-0.15, -0.1) is 10.2 Å². The topological polar surface area (TPSA) is 97.6 Å². The quantitative estimate of drug-likeness (QED) is 0.570. The monoisotopic (exact) mass is 493 g/mol. The van der Waals surface area contributed by atoms with E-state index in [-0.39, 0.29) is 22.9 Å². The van der Waals surface area contributed by atoms with Gasteiger partial charge in [0.15, 0.2) is 11.0 Å². The van der Waals surface area contributed by atoms with E-state index in [1.807, 2.05) is 16.5 Å². The van der Waals surface area contributed by atoms with Gasteiger partial charge in [-0.05, 0) is 57.4 Å². The van der Waals surface area contributed by atoms with Crippen LogP contribution in [0.15, 0.2) is 34.3 Å². The fourth-order valence-corrected chi connectivity index (χ4v) is 6.71. The summed E-state index contributed by atoms with van der Waals surface area (Å²) in [7, 11) is -1.69. The molecule has 0 spiro atoms. The molecule has 4 rings (SSSR count). The third-order valence-corrected chi connectivity index (χ3v) is 9.28. The number of rotatable bonds is 6. The first kappa shape index (κ1) is 24.2. The second kappa shape index (κ2) is 10.1. The standard InChI is InChI=1S/C22H31N5O4S2/c1-16-5-4-6-17(2)27(16)20(28)15-32-22-24-23-21(25(22)3)18-7-9-19(10-8-18)33(29,30)26-11-13-31-14-12-26/h7-10,16-17H,4-6,11-15H2,1-3H3. The lowest BCUT2D eigenvalue weighted by atomic mass is 9.98. The zero-order chi connectivity index (χ0) is 23.6. The SMILES string of the molecule is CC1CCCC(C)N1C(=O)CSc1nnc(-c2ccc(S(=O)(=O)N3CCOCC3)cc2)n1C. The molecular formula is C22H31N5O4S2. The minimum absolute atomic E-state index is 0.127. The molecule has 0 radical (unpaired) electrons. The van der Waals surface area contributed by atoms with Crippen molar-refractivity contribution in [2.75, 3.05) is 32.1 Å². The first-order chi connectivity index (χ1) is 15.8. The van der Waals surface area contributed by atoms with Gasteiger partial charge in [0.1, 0.15) is 0 Å². The molecule has 2 aromatic rings. The zero-order valence-electron chi connectivity index (χ0n) is 19.3. The lowest BCUT2D eigenvalue weighted by molar-refractivity contribution is -0.134. The van der Waals surface area contributed by atoms with Gasteiger partial charge in [-0.25, -0.2) is 8.42 Å². The Labute approximate surface area is 199 Å². The summed E-state index contributed by atoms with van der Waals surface area (Å²) in [5.41, 5.74) is 0.766. The lowest BCUT2D eigenvalue weighted by Gasteiger charge is -2.39. The summed E-state index contributed by atoms with van der Waals surface area (Å²) in [5.74, 6) is 1.07. The Morgan fingerprint density at radius 1 is 1.09 bits per heavy atom. The molecule has 33 heavy (non-hydrogen) atoms. The number of aromatic nitrogens is 3. The van der Waals surface area contributed by atoms with Crippen LogP contribution in [-0.2, 0) is 26.6 Å². The van der Waals surface area contributed by atoms with E-state index in [9.17, 15) is 13.2 Å². The van der Waals surface area contributed by atoms with Crippen molar-refractivity contribution in [3.8, 4) is 11.4 Å². The van der Waals surface area contributed by atoms with Crippen LogP contribution in [0.4, 0.5) is 0 Å². The molecule has 3 heterocycles. The average Bonchev–Trinajstić information content (AvgIpc) is 3.18. The molecule has 1 aromatic heterocycles. The second-order valence-corrected chi connectivity index (χ2v) is 11.5. The number of amides is 1. The molecule has 0 aliphatic carbocycles. The molecule has 0 bridgehead atoms. The highest BCUT2D eigenvalue weighted by atomic mass is 32.2. The summed E-state index contributed by atoms with van der Waals surface area (Å²) in [6.07, 6.45) is 3.26. The highest BCUT2D eigenvalue weighted by Crippen LogP contribution is 2.27. The zero-order valence-corrected chi connectivity index (χ0v) is 20.9. The van der Waals surface area contributed by atoms with Gasteiger partial charge < -0.3 is 14.2 Å². The fourth-order valence-electron chi connectivity index (χ4n) is 4.52. The normalized spacial score (nSPS) is 22.5. The Morgan fingerprint density at radius 2 is 1.73 bits per heavy atom. The van der Waals surface area contributed by atoms with Crippen molar-refractivity contribution in [2.45, 2.75) is 55.2 Å². The largest absolute Gasteiger partial charge is 0.379 e. The van der Waals surface area contributed by atoms with E-state index in [4.69, 9.17) is 4.74 Å². The number of hydrogen-bond acceptors (Lipinski definition) is 7. The smallest absolute Gasteiger partial charge is 0.243 e. The fraction of sp³-hybridized carbons (Fsp3) is 0.591. The number of thioether (sulfide) groups is 1. The van der Waals surface area contributed by atoms with Crippen molar-refractivity contribution in [2.24, 2.45) is 7.05 Å². The number of morpholine rings is 1. The predicted molar refractivity (Wildman–Crippen MR) is 126 cm³/mol. The van der Waals surface area contributed by atoms with Crippen molar-refractivity contribution in [3.05, 3.63) is 24.3 Å². The Balaban J connectivity index is 1.43. The van der Waals surface area contributed by atoms with Crippen molar-refractivity contribution in [1.82, 2.24) is 24.0 Å². The maximum Gasteiger partial charge on any atom is 0.243 e. The molecule has 2 fully saturated rings. The second-order valence-electron chi connectivity index (χ2n) is 8.62. The van der Waals surface area contributed by atoms with E-state index >= 15 is 0 Å². The van der Waals surface area contributed by atoms with Crippen LogP contribution in [0.5, 0.6) is 0 Å². The van der Waals surface area contributed by atoms with Crippen LogP contribution >= 0.6 is 11.8 Å². The molecule has 2 aliphatic heterocycles. The summed E-state index contributed by atoms with van der Waals surface area (Å²) >= 11 is 1.38. The van der Waals surface area contributed by atoms with Gasteiger partial charge in [0.25, 0.3) is 0 Å². The molecule has 9 nitrogen and oxygen atoms in total. The maximum atomic E-state index is 12.8. The summed E-state index contributed by atoms with van der Waals surface area (Å²) in [4.78, 5) is 15.1. The first-order valence-electron chi connectivity index (χ1n) is 11.3. The van der Waals surface area contributed by atoms with E-state index in [0.29, 0.717) is 43.0 Å². The molecule has 1 amide bonds. The van der Waals surface area contributed by atoms with Gasteiger partial charge in [-0.2, -0.15) is 4.31 Å². The van der Waals surface area contributed by atoms with Gasteiger partial charge in [-0.3, -0.25) is 4.79 Å². The number of carbonyl (C=O) groups excluding carboxylic acids is 1. The summed E-state index contributed by atoms with van der Waals surface area (Å²) in [6.45, 7) is 5.77. The van der Waals surface area contributed by atoms with Gasteiger partial charge in [0, 0.05) is 37.8 Å². The lowest BCUT2D eigenvalue weighted by Crippen LogP contribution is -2.48. The number of benzene rings is 1. The van der Waals surface area contributed by atoms with Crippen molar-refractivity contribution >= 4 is 27.7 Å². The van der Waals surface area contributed by atoms with Crippen LogP contribution in [-0.4, -0.2) is 82.4 Å². The van der Waals surface area contributed by atoms with Crippen molar-refractivity contribution in [3.63, 3.8) is 0 Å². The number of sulfonamides is 1. The molecule has 1 aromatic carbocycles. The van der Waals surface area contributed by atoms with Crippen molar-refractivity contribution < 1.29 is 17.9 Å². The van der Waals surface area contributed by atoms with Crippen LogP contribution in [0.2, 0.25) is 0 Å². The number of likely N-dealkylation sites (tertiary alicyclic amines) is 1. The summed E-state index contributed by atoms with van der Waals surface area (Å²) in [6, 6.07) is 7.23. The number of piperidine rings is 1. The molecule has 11 heteroatoms. The third kappa shape index (κ3) is 5.11. The van der Waals surface area contributed by atoms with E-state index in [1.165, 1.54) is 22.5 Å². The first-order valence-corrected chi connectivity index (χ1v) is 13.7. The number of carbonyl (C=O) groups is 1. The van der Waals surface area contributed by atoms with Gasteiger partial charge >= 0.3 is 0 Å². The van der Waals surface area contributed by atoms with Gasteiger partial charge in [0.05, 0.1) is 23.9 Å². The highest BCUT2D eigenvalue weighted by molar-refractivity contribution is 7.99. The number of nitrogens with zero attached hydrogens (tertiary/aromatic N) is 5. The molecule has 2 aliphatic rings. The number of ether oxygens (including phenoxy) is 1. The van der Waals surface area contributed by atoms with E-state index in [1.54, 1.807) is 24.3 Å². The van der Waals surface area contributed by atoms with Crippen LogP contribution < -0.4 is 0 Å². The molecule has 180 valence electrons. The average molecular weight is 494 g/mol. The van der Waals surface area contributed by atoms with Crippen LogP contribution in [0.1, 0.15) is 33.1 Å². The van der Waals surface area contributed by atoms with Crippen LogP contribution in [0.25, 0.3) is 11.4 Å². The van der Waals surface area contributed by atoms with Crippen molar-refractivity contribution in [1.29, 1.82) is 0 Å². The Bertz CT molecular complexity index is 1070. The molecule has 2 saturated heterocycles. The summed E-state index contributed by atoms with van der Waals surface area (Å²) in [5, 5.41) is 9.19. The van der Waals surface area contributed by atoms with E-state index in [2.05, 4.69) is 24.0 Å². The van der Waals surface area contributed by atoms with Gasteiger partial charge in [-0.1, -0.05) is 11.8 Å². The maximum absolute atomic E-state index is 12.8. The minimum atomic E-state index is -3.54. The molecule has 2 atom stereocenters. The van der Waals surface area contributed by atoms with E-state index < -0.39 is 10.0 Å². The van der Waals surface area contributed by atoms with Crippen LogP contribution in [0, 0.1) is 0 Å². The Hall–Kier alpha value is -1.95. The third-order valence-electron chi connectivity index (χ3n) is 6.36.